The van der Waals surface area contributed by atoms with Crippen LogP contribution in [0.1, 0.15) is 44.2 Å². The number of rotatable bonds is 4. The lowest BCUT2D eigenvalue weighted by Crippen LogP contribution is -2.34. The van der Waals surface area contributed by atoms with E-state index < -0.39 is 0 Å². The van der Waals surface area contributed by atoms with Crippen molar-refractivity contribution in [2.24, 2.45) is 11.7 Å². The van der Waals surface area contributed by atoms with Crippen molar-refractivity contribution in [3.05, 3.63) is 35.6 Å². The Morgan fingerprint density at radius 2 is 2.15 bits per heavy atom. The third-order valence-electron chi connectivity index (χ3n) is 4.48. The van der Waals surface area contributed by atoms with E-state index in [-0.39, 0.29) is 29.7 Å². The van der Waals surface area contributed by atoms with Crippen LogP contribution in [0.4, 0.5) is 4.39 Å². The van der Waals surface area contributed by atoms with Crippen LogP contribution in [0.25, 0.3) is 0 Å². The summed E-state index contributed by atoms with van der Waals surface area (Å²) in [5, 5.41) is 0. The second-order valence-electron chi connectivity index (χ2n) is 5.76. The van der Waals surface area contributed by atoms with Crippen molar-refractivity contribution >= 4 is 5.91 Å². The summed E-state index contributed by atoms with van der Waals surface area (Å²) in [5.74, 6) is 0.0538. The molecule has 110 valence electrons. The highest BCUT2D eigenvalue weighted by molar-refractivity contribution is 5.76. The summed E-state index contributed by atoms with van der Waals surface area (Å²) in [6.07, 6.45) is 3.60. The predicted octanol–water partition coefficient (Wildman–Crippen LogP) is 2.86. The molecule has 2 N–H and O–H groups in total. The zero-order valence-electron chi connectivity index (χ0n) is 12.2. The van der Waals surface area contributed by atoms with Gasteiger partial charge in [-0.15, -0.1) is 0 Å². The van der Waals surface area contributed by atoms with Crippen LogP contribution in [0.15, 0.2) is 24.3 Å². The highest BCUT2D eigenvalue weighted by atomic mass is 19.1. The van der Waals surface area contributed by atoms with Crippen LogP contribution in [0, 0.1) is 11.7 Å². The molecule has 0 bridgehead atoms. The van der Waals surface area contributed by atoms with E-state index >= 15 is 0 Å². The van der Waals surface area contributed by atoms with Gasteiger partial charge in [0, 0.05) is 25.1 Å². The molecule has 0 heterocycles. The number of carbonyl (C=O) groups excluding carboxylic acids is 1. The van der Waals surface area contributed by atoms with Crippen molar-refractivity contribution < 1.29 is 9.18 Å². The van der Waals surface area contributed by atoms with Crippen LogP contribution in [0.2, 0.25) is 0 Å². The number of carbonyl (C=O) groups is 1. The van der Waals surface area contributed by atoms with Crippen molar-refractivity contribution in [1.29, 1.82) is 0 Å². The summed E-state index contributed by atoms with van der Waals surface area (Å²) < 4.78 is 13.8. The zero-order valence-corrected chi connectivity index (χ0v) is 12.2. The predicted molar refractivity (Wildman–Crippen MR) is 77.5 cm³/mol. The minimum atomic E-state index is -0.266. The van der Waals surface area contributed by atoms with E-state index in [2.05, 4.69) is 0 Å². The molecule has 1 amide bonds. The molecule has 1 aromatic carbocycles. The van der Waals surface area contributed by atoms with E-state index in [1.165, 1.54) is 6.07 Å². The Hall–Kier alpha value is -1.42. The SMILES string of the molecule is CC(c1ccccc1F)N(C)C(=O)C[C@@H]1CCC[C@H]1N. The van der Waals surface area contributed by atoms with Crippen molar-refractivity contribution in [3.63, 3.8) is 0 Å². The largest absolute Gasteiger partial charge is 0.339 e. The van der Waals surface area contributed by atoms with Gasteiger partial charge in [0.15, 0.2) is 0 Å². The van der Waals surface area contributed by atoms with E-state index in [0.29, 0.717) is 12.0 Å². The lowest BCUT2D eigenvalue weighted by Gasteiger charge is -2.27. The van der Waals surface area contributed by atoms with Gasteiger partial charge in [-0.2, -0.15) is 0 Å². The molecular weight excluding hydrogens is 255 g/mol. The summed E-state index contributed by atoms with van der Waals surface area (Å²) in [7, 11) is 1.74. The molecule has 2 rings (SSSR count). The van der Waals surface area contributed by atoms with Gasteiger partial charge in [0.2, 0.25) is 5.91 Å². The van der Waals surface area contributed by atoms with Crippen LogP contribution in [0.3, 0.4) is 0 Å². The van der Waals surface area contributed by atoms with Crippen LogP contribution in [-0.2, 0) is 4.79 Å². The molecule has 0 spiro atoms. The Balaban J connectivity index is 2.01. The molecule has 20 heavy (non-hydrogen) atoms. The molecule has 0 aromatic heterocycles. The summed E-state index contributed by atoms with van der Waals surface area (Å²) in [4.78, 5) is 13.9. The number of benzene rings is 1. The fourth-order valence-corrected chi connectivity index (χ4v) is 2.93. The van der Waals surface area contributed by atoms with Gasteiger partial charge in [-0.25, -0.2) is 4.39 Å². The first-order valence-electron chi connectivity index (χ1n) is 7.26. The zero-order chi connectivity index (χ0) is 14.7. The van der Waals surface area contributed by atoms with Gasteiger partial charge < -0.3 is 10.6 Å². The molecule has 0 radical (unpaired) electrons. The molecule has 1 unspecified atom stereocenters. The maximum atomic E-state index is 13.8. The average molecular weight is 278 g/mol. The fourth-order valence-electron chi connectivity index (χ4n) is 2.93. The van der Waals surface area contributed by atoms with Crippen LogP contribution >= 0.6 is 0 Å². The van der Waals surface area contributed by atoms with Gasteiger partial charge in [-0.05, 0) is 31.7 Å². The summed E-state index contributed by atoms with van der Waals surface area (Å²) in [6, 6.07) is 6.48. The third-order valence-corrected chi connectivity index (χ3v) is 4.48. The Kier molecular flexibility index (Phi) is 4.76. The molecule has 0 aliphatic heterocycles. The first-order valence-corrected chi connectivity index (χ1v) is 7.26. The van der Waals surface area contributed by atoms with Gasteiger partial charge in [0.05, 0.1) is 6.04 Å². The normalized spacial score (nSPS) is 23.6. The highest BCUT2D eigenvalue weighted by Crippen LogP contribution is 2.29. The minimum absolute atomic E-state index is 0.0445. The van der Waals surface area contributed by atoms with Gasteiger partial charge >= 0.3 is 0 Å². The van der Waals surface area contributed by atoms with Crippen molar-refractivity contribution in [1.82, 2.24) is 4.90 Å². The Labute approximate surface area is 120 Å². The van der Waals surface area contributed by atoms with Crippen molar-refractivity contribution in [2.75, 3.05) is 7.05 Å². The first kappa shape index (κ1) is 15.0. The summed E-state index contributed by atoms with van der Waals surface area (Å²) in [6.45, 7) is 1.85. The Morgan fingerprint density at radius 3 is 2.75 bits per heavy atom. The number of nitrogens with zero attached hydrogens (tertiary/aromatic N) is 1. The molecule has 1 aliphatic rings. The third kappa shape index (κ3) is 3.18. The van der Waals surface area contributed by atoms with E-state index in [4.69, 9.17) is 5.73 Å². The summed E-state index contributed by atoms with van der Waals surface area (Å²) in [5.41, 5.74) is 6.56. The number of hydrogen-bond acceptors (Lipinski definition) is 2. The molecule has 0 saturated heterocycles. The van der Waals surface area contributed by atoms with Crippen molar-refractivity contribution in [3.8, 4) is 0 Å². The lowest BCUT2D eigenvalue weighted by molar-refractivity contribution is -0.132. The first-order chi connectivity index (χ1) is 9.50. The van der Waals surface area contributed by atoms with E-state index in [1.807, 2.05) is 6.92 Å². The van der Waals surface area contributed by atoms with Crippen molar-refractivity contribution in [2.45, 2.75) is 44.7 Å². The Bertz CT molecular complexity index is 477. The van der Waals surface area contributed by atoms with Crippen LogP contribution in [0.5, 0.6) is 0 Å². The van der Waals surface area contributed by atoms with E-state index in [0.717, 1.165) is 19.3 Å². The number of halogens is 1. The maximum Gasteiger partial charge on any atom is 0.223 e. The quantitative estimate of drug-likeness (QED) is 0.920. The van der Waals surface area contributed by atoms with Gasteiger partial charge in [0.1, 0.15) is 5.82 Å². The number of hydrogen-bond donors (Lipinski definition) is 1. The van der Waals surface area contributed by atoms with Crippen LogP contribution in [-0.4, -0.2) is 23.9 Å². The topological polar surface area (TPSA) is 46.3 Å². The van der Waals surface area contributed by atoms with E-state index in [1.54, 1.807) is 30.1 Å². The van der Waals surface area contributed by atoms with Gasteiger partial charge in [0.25, 0.3) is 0 Å². The minimum Gasteiger partial charge on any atom is -0.339 e. The fraction of sp³-hybridized carbons (Fsp3) is 0.562. The maximum absolute atomic E-state index is 13.8. The smallest absolute Gasteiger partial charge is 0.223 e. The second kappa shape index (κ2) is 6.35. The molecule has 4 heteroatoms. The molecule has 1 aliphatic carbocycles. The molecule has 3 nitrogen and oxygen atoms in total. The Morgan fingerprint density at radius 1 is 1.45 bits per heavy atom. The molecule has 1 fully saturated rings. The average Bonchev–Trinajstić information content (AvgIpc) is 2.83. The molecule has 1 aromatic rings. The molecule has 3 atom stereocenters. The number of amides is 1. The molecular formula is C16H23FN2O. The van der Waals surface area contributed by atoms with Gasteiger partial charge in [-0.1, -0.05) is 24.6 Å². The van der Waals surface area contributed by atoms with Gasteiger partial charge in [-0.3, -0.25) is 4.79 Å². The number of nitrogens with two attached hydrogens (primary N) is 1. The standard InChI is InChI=1S/C16H23FN2O/c1-11(13-7-3-4-8-14(13)17)19(2)16(20)10-12-6-5-9-15(12)18/h3-4,7-8,11-12,15H,5-6,9-10,18H2,1-2H3/t11?,12-,15+/m0/s1. The summed E-state index contributed by atoms with van der Waals surface area (Å²) >= 11 is 0. The van der Waals surface area contributed by atoms with E-state index in [9.17, 15) is 9.18 Å². The monoisotopic (exact) mass is 278 g/mol. The molecule has 1 saturated carbocycles. The highest BCUT2D eigenvalue weighted by Gasteiger charge is 2.28. The second-order valence-corrected chi connectivity index (χ2v) is 5.76. The lowest BCUT2D eigenvalue weighted by atomic mass is 9.98. The van der Waals surface area contributed by atoms with Crippen LogP contribution < -0.4 is 5.73 Å².